The lowest BCUT2D eigenvalue weighted by molar-refractivity contribution is -0.151. The molecule has 0 radical (unpaired) electrons. The molecule has 3 fully saturated rings. The number of carbonyl (C=O) groups excluding carboxylic acids is 2. The maximum Gasteiger partial charge on any atom is 0.248 e. The Bertz CT molecular complexity index is 413. The number of amides is 2. The Hall–Kier alpha value is -1.10. The van der Waals surface area contributed by atoms with Crippen molar-refractivity contribution in [3.05, 3.63) is 0 Å². The highest BCUT2D eigenvalue weighted by Crippen LogP contribution is 2.41. The van der Waals surface area contributed by atoms with E-state index in [0.29, 0.717) is 11.8 Å². The van der Waals surface area contributed by atoms with Crippen LogP contribution in [0, 0.1) is 11.8 Å². The summed E-state index contributed by atoms with van der Waals surface area (Å²) in [5, 5.41) is 2.94. The van der Waals surface area contributed by atoms with Crippen LogP contribution in [0.3, 0.4) is 0 Å². The molecule has 112 valence electrons. The lowest BCUT2D eigenvalue weighted by Crippen LogP contribution is -2.67. The van der Waals surface area contributed by atoms with Gasteiger partial charge in [0.05, 0.1) is 6.54 Å². The monoisotopic (exact) mass is 279 g/mol. The standard InChI is InChI=1S/C15H25N3O2/c1-15(12-3-4-12)14(20)18(10-13(19)16-15)9-11-5-7-17(2)8-6-11/h11-12H,3-10H2,1-2H3,(H,16,19). The summed E-state index contributed by atoms with van der Waals surface area (Å²) in [5.41, 5.74) is -0.638. The number of nitrogens with zero attached hydrogens (tertiary/aromatic N) is 2. The highest BCUT2D eigenvalue weighted by atomic mass is 16.2. The second-order valence-electron chi connectivity index (χ2n) is 6.96. The molecule has 0 aromatic heterocycles. The van der Waals surface area contributed by atoms with Crippen molar-refractivity contribution in [3.8, 4) is 0 Å². The lowest BCUT2D eigenvalue weighted by atomic mass is 9.89. The molecule has 3 aliphatic rings. The molecule has 2 amide bonds. The highest BCUT2D eigenvalue weighted by Gasteiger charge is 2.52. The van der Waals surface area contributed by atoms with E-state index in [2.05, 4.69) is 17.3 Å². The zero-order chi connectivity index (χ0) is 14.3. The van der Waals surface area contributed by atoms with Crippen molar-refractivity contribution in [2.24, 2.45) is 11.8 Å². The first kappa shape index (κ1) is 13.9. The van der Waals surface area contributed by atoms with Crippen molar-refractivity contribution in [2.75, 3.05) is 33.2 Å². The third-order valence-electron chi connectivity index (χ3n) is 5.18. The predicted octanol–water partition coefficient (Wildman–Crippen LogP) is 0.455. The molecular formula is C15H25N3O2. The van der Waals surface area contributed by atoms with Crippen LogP contribution in [0.15, 0.2) is 0 Å². The molecule has 20 heavy (non-hydrogen) atoms. The Morgan fingerprint density at radius 3 is 2.45 bits per heavy atom. The number of hydrogen-bond donors (Lipinski definition) is 1. The summed E-state index contributed by atoms with van der Waals surface area (Å²) in [6.07, 6.45) is 4.37. The molecule has 2 saturated heterocycles. The molecule has 0 bridgehead atoms. The van der Waals surface area contributed by atoms with Gasteiger partial charge >= 0.3 is 0 Å². The van der Waals surface area contributed by atoms with Crippen LogP contribution in [0.1, 0.15) is 32.6 Å². The van der Waals surface area contributed by atoms with E-state index in [1.165, 1.54) is 0 Å². The van der Waals surface area contributed by atoms with Gasteiger partial charge < -0.3 is 15.1 Å². The number of carbonyl (C=O) groups is 2. The average molecular weight is 279 g/mol. The third kappa shape index (κ3) is 2.55. The maximum absolute atomic E-state index is 12.7. The molecule has 3 rings (SSSR count). The Labute approximate surface area is 120 Å². The highest BCUT2D eigenvalue weighted by molar-refractivity contribution is 5.98. The third-order valence-corrected chi connectivity index (χ3v) is 5.18. The van der Waals surface area contributed by atoms with Gasteiger partial charge in [-0.3, -0.25) is 9.59 Å². The van der Waals surface area contributed by atoms with Crippen molar-refractivity contribution in [2.45, 2.75) is 38.1 Å². The minimum absolute atomic E-state index is 0.00641. The molecule has 1 N–H and O–H groups in total. The van der Waals surface area contributed by atoms with Crippen molar-refractivity contribution in [1.29, 1.82) is 0 Å². The summed E-state index contributed by atoms with van der Waals surface area (Å²) in [6.45, 7) is 5.10. The van der Waals surface area contributed by atoms with Crippen LogP contribution in [0.25, 0.3) is 0 Å². The van der Waals surface area contributed by atoms with E-state index < -0.39 is 5.54 Å². The number of rotatable bonds is 3. The second-order valence-corrected chi connectivity index (χ2v) is 6.96. The first-order chi connectivity index (χ1) is 9.49. The van der Waals surface area contributed by atoms with E-state index >= 15 is 0 Å². The smallest absolute Gasteiger partial charge is 0.248 e. The van der Waals surface area contributed by atoms with Crippen molar-refractivity contribution < 1.29 is 9.59 Å². The fourth-order valence-electron chi connectivity index (χ4n) is 3.60. The lowest BCUT2D eigenvalue weighted by Gasteiger charge is -2.42. The largest absolute Gasteiger partial charge is 0.340 e. The summed E-state index contributed by atoms with van der Waals surface area (Å²) in [5.74, 6) is 1.04. The van der Waals surface area contributed by atoms with Crippen molar-refractivity contribution >= 4 is 11.8 Å². The van der Waals surface area contributed by atoms with Crippen LogP contribution in [0.4, 0.5) is 0 Å². The van der Waals surface area contributed by atoms with Crippen molar-refractivity contribution in [1.82, 2.24) is 15.1 Å². The minimum Gasteiger partial charge on any atom is -0.340 e. The summed E-state index contributed by atoms with van der Waals surface area (Å²) >= 11 is 0. The summed E-state index contributed by atoms with van der Waals surface area (Å²) < 4.78 is 0. The summed E-state index contributed by atoms with van der Waals surface area (Å²) in [4.78, 5) is 28.8. The molecule has 5 nitrogen and oxygen atoms in total. The molecule has 1 unspecified atom stereocenters. The van der Waals surface area contributed by atoms with E-state index in [9.17, 15) is 9.59 Å². The Morgan fingerprint density at radius 1 is 1.20 bits per heavy atom. The van der Waals surface area contributed by atoms with E-state index in [4.69, 9.17) is 0 Å². The fraction of sp³-hybridized carbons (Fsp3) is 0.867. The molecule has 0 aromatic rings. The summed E-state index contributed by atoms with van der Waals surface area (Å²) in [7, 11) is 2.14. The molecule has 1 saturated carbocycles. The molecule has 5 heteroatoms. The van der Waals surface area contributed by atoms with Gasteiger partial charge in [0.1, 0.15) is 5.54 Å². The molecular weight excluding hydrogens is 254 g/mol. The summed E-state index contributed by atoms with van der Waals surface area (Å²) in [6, 6.07) is 0. The van der Waals surface area contributed by atoms with Gasteiger partial charge in [-0.15, -0.1) is 0 Å². The van der Waals surface area contributed by atoms with Gasteiger partial charge in [-0.25, -0.2) is 0 Å². The normalized spacial score (nSPS) is 33.4. The first-order valence-electron chi connectivity index (χ1n) is 7.78. The Balaban J connectivity index is 1.66. The van der Waals surface area contributed by atoms with Gasteiger partial charge in [0.25, 0.3) is 0 Å². The quantitative estimate of drug-likeness (QED) is 0.816. The molecule has 2 aliphatic heterocycles. The number of likely N-dealkylation sites (tertiary alicyclic amines) is 1. The zero-order valence-electron chi connectivity index (χ0n) is 12.5. The predicted molar refractivity (Wildman–Crippen MR) is 76.1 cm³/mol. The van der Waals surface area contributed by atoms with E-state index in [1.807, 2.05) is 11.8 Å². The number of piperazine rings is 1. The molecule has 1 atom stereocenters. The number of hydrogen-bond acceptors (Lipinski definition) is 3. The average Bonchev–Trinajstić information content (AvgIpc) is 3.23. The second kappa shape index (κ2) is 5.02. The van der Waals surface area contributed by atoms with Crippen LogP contribution in [0.5, 0.6) is 0 Å². The van der Waals surface area contributed by atoms with Crippen LogP contribution in [-0.2, 0) is 9.59 Å². The Morgan fingerprint density at radius 2 is 1.85 bits per heavy atom. The van der Waals surface area contributed by atoms with Gasteiger partial charge in [0.2, 0.25) is 11.8 Å². The first-order valence-corrected chi connectivity index (χ1v) is 7.78. The SMILES string of the molecule is CN1CCC(CN2CC(=O)NC(C)(C3CC3)C2=O)CC1. The van der Waals surface area contributed by atoms with Gasteiger partial charge in [-0.05, 0) is 64.6 Å². The van der Waals surface area contributed by atoms with Gasteiger partial charge in [0.15, 0.2) is 0 Å². The van der Waals surface area contributed by atoms with E-state index in [1.54, 1.807) is 0 Å². The molecule has 1 aliphatic carbocycles. The number of nitrogens with one attached hydrogen (secondary N) is 1. The van der Waals surface area contributed by atoms with Crippen LogP contribution >= 0.6 is 0 Å². The van der Waals surface area contributed by atoms with Crippen LogP contribution in [-0.4, -0.2) is 60.4 Å². The maximum atomic E-state index is 12.7. The fourth-order valence-corrected chi connectivity index (χ4v) is 3.60. The molecule has 0 spiro atoms. The zero-order valence-corrected chi connectivity index (χ0v) is 12.5. The topological polar surface area (TPSA) is 52.6 Å². The Kier molecular flexibility index (Phi) is 3.48. The van der Waals surface area contributed by atoms with Gasteiger partial charge in [0, 0.05) is 6.54 Å². The number of piperidine rings is 1. The van der Waals surface area contributed by atoms with Crippen LogP contribution < -0.4 is 5.32 Å². The van der Waals surface area contributed by atoms with Gasteiger partial charge in [-0.2, -0.15) is 0 Å². The van der Waals surface area contributed by atoms with E-state index in [0.717, 1.165) is 45.3 Å². The van der Waals surface area contributed by atoms with Gasteiger partial charge in [-0.1, -0.05) is 0 Å². The van der Waals surface area contributed by atoms with Crippen LogP contribution in [0.2, 0.25) is 0 Å². The molecule has 0 aromatic carbocycles. The van der Waals surface area contributed by atoms with E-state index in [-0.39, 0.29) is 18.4 Å². The van der Waals surface area contributed by atoms with Crippen molar-refractivity contribution in [3.63, 3.8) is 0 Å². The minimum atomic E-state index is -0.638. The molecule has 2 heterocycles.